The quantitative estimate of drug-likeness (QED) is 0.788. The number of nitrogen functional groups attached to an aromatic ring is 1. The normalized spacial score (nSPS) is 16.4. The first-order valence-electron chi connectivity index (χ1n) is 7.40. The van der Waals surface area contributed by atoms with E-state index in [1.54, 1.807) is 0 Å². The molecule has 0 aromatic carbocycles. The molecule has 1 fully saturated rings. The second kappa shape index (κ2) is 5.50. The maximum atomic E-state index is 12.1. The molecule has 1 aromatic rings. The average Bonchev–Trinajstić information content (AvgIpc) is 3.16. The summed E-state index contributed by atoms with van der Waals surface area (Å²) in [5.41, 5.74) is 6.48. The van der Waals surface area contributed by atoms with Crippen LogP contribution in [-0.4, -0.2) is 27.5 Å². The molecule has 1 heterocycles. The molecule has 0 radical (unpaired) electrons. The van der Waals surface area contributed by atoms with Crippen molar-refractivity contribution in [1.82, 2.24) is 15.3 Å². The largest absolute Gasteiger partial charge is 0.383 e. The molecule has 2 rings (SSSR count). The lowest BCUT2D eigenvalue weighted by atomic mass is 10.1. The van der Waals surface area contributed by atoms with Crippen LogP contribution in [0.1, 0.15) is 57.8 Å². The highest BCUT2D eigenvalue weighted by Crippen LogP contribution is 2.39. The number of hydrogen-bond acceptors (Lipinski definition) is 5. The lowest BCUT2D eigenvalue weighted by molar-refractivity contribution is -0.122. The molecule has 1 unspecified atom stereocenters. The SMILES string of the molecule is Cc1c(N)nc(C2CC2)nc1NC(C)C(=O)NC(C)(C)C. The van der Waals surface area contributed by atoms with Crippen molar-refractivity contribution in [3.63, 3.8) is 0 Å². The molecule has 6 heteroatoms. The summed E-state index contributed by atoms with van der Waals surface area (Å²) in [7, 11) is 0. The second-order valence-electron chi connectivity index (χ2n) is 6.82. The summed E-state index contributed by atoms with van der Waals surface area (Å²) >= 11 is 0. The fraction of sp³-hybridized carbons (Fsp3) is 0.667. The van der Waals surface area contributed by atoms with Gasteiger partial charge in [-0.25, -0.2) is 9.97 Å². The Morgan fingerprint density at radius 2 is 1.95 bits per heavy atom. The number of anilines is 2. The number of rotatable bonds is 4. The molecule has 0 saturated heterocycles. The van der Waals surface area contributed by atoms with Gasteiger partial charge >= 0.3 is 0 Å². The van der Waals surface area contributed by atoms with Crippen LogP contribution in [0.2, 0.25) is 0 Å². The molecule has 1 aliphatic rings. The van der Waals surface area contributed by atoms with Gasteiger partial charge in [0.2, 0.25) is 5.91 Å². The summed E-state index contributed by atoms with van der Waals surface area (Å²) in [5.74, 6) is 2.28. The van der Waals surface area contributed by atoms with Crippen molar-refractivity contribution in [3.8, 4) is 0 Å². The Kier molecular flexibility index (Phi) is 4.07. The summed E-state index contributed by atoms with van der Waals surface area (Å²) in [5, 5.41) is 6.10. The number of hydrogen-bond donors (Lipinski definition) is 3. The van der Waals surface area contributed by atoms with Crippen molar-refractivity contribution in [1.29, 1.82) is 0 Å². The third-order valence-electron chi connectivity index (χ3n) is 3.39. The number of amides is 1. The minimum atomic E-state index is -0.385. The molecule has 1 saturated carbocycles. The maximum Gasteiger partial charge on any atom is 0.242 e. The Morgan fingerprint density at radius 3 is 2.48 bits per heavy atom. The molecule has 0 bridgehead atoms. The Bertz CT molecular complexity index is 546. The molecule has 1 aliphatic carbocycles. The number of nitrogens with zero attached hydrogens (tertiary/aromatic N) is 2. The van der Waals surface area contributed by atoms with Crippen LogP contribution < -0.4 is 16.4 Å². The van der Waals surface area contributed by atoms with Crippen molar-refractivity contribution >= 4 is 17.5 Å². The van der Waals surface area contributed by atoms with E-state index in [1.807, 2.05) is 34.6 Å². The van der Waals surface area contributed by atoms with Crippen molar-refractivity contribution in [2.24, 2.45) is 0 Å². The summed E-state index contributed by atoms with van der Waals surface area (Å²) in [6.07, 6.45) is 2.23. The van der Waals surface area contributed by atoms with Gasteiger partial charge in [-0.05, 0) is 47.5 Å². The highest BCUT2D eigenvalue weighted by Gasteiger charge is 2.28. The molecular formula is C15H25N5O. The molecule has 116 valence electrons. The molecule has 1 atom stereocenters. The van der Waals surface area contributed by atoms with Crippen LogP contribution in [0.25, 0.3) is 0 Å². The van der Waals surface area contributed by atoms with E-state index in [9.17, 15) is 4.79 Å². The Morgan fingerprint density at radius 1 is 1.33 bits per heavy atom. The highest BCUT2D eigenvalue weighted by molar-refractivity contribution is 5.84. The zero-order chi connectivity index (χ0) is 15.8. The molecule has 4 N–H and O–H groups in total. The van der Waals surface area contributed by atoms with Gasteiger partial charge in [-0.1, -0.05) is 0 Å². The van der Waals surface area contributed by atoms with Gasteiger partial charge in [0.1, 0.15) is 23.5 Å². The van der Waals surface area contributed by atoms with Crippen molar-refractivity contribution in [2.75, 3.05) is 11.1 Å². The van der Waals surface area contributed by atoms with Gasteiger partial charge in [-0.2, -0.15) is 0 Å². The van der Waals surface area contributed by atoms with Gasteiger partial charge in [0.05, 0.1) is 0 Å². The first-order valence-corrected chi connectivity index (χ1v) is 7.40. The van der Waals surface area contributed by atoms with Gasteiger partial charge in [0, 0.05) is 17.0 Å². The minimum Gasteiger partial charge on any atom is -0.383 e. The smallest absolute Gasteiger partial charge is 0.242 e. The minimum absolute atomic E-state index is 0.0629. The van der Waals surface area contributed by atoms with E-state index < -0.39 is 0 Å². The van der Waals surface area contributed by atoms with Crippen molar-refractivity contribution in [2.45, 2.75) is 65.0 Å². The Hall–Kier alpha value is -1.85. The zero-order valence-corrected chi connectivity index (χ0v) is 13.4. The molecular weight excluding hydrogens is 266 g/mol. The average molecular weight is 291 g/mol. The second-order valence-corrected chi connectivity index (χ2v) is 6.82. The van der Waals surface area contributed by atoms with E-state index in [4.69, 9.17) is 5.73 Å². The monoisotopic (exact) mass is 291 g/mol. The number of carbonyl (C=O) groups excluding carboxylic acids is 1. The van der Waals surface area contributed by atoms with Crippen LogP contribution >= 0.6 is 0 Å². The predicted molar refractivity (Wildman–Crippen MR) is 84.1 cm³/mol. The van der Waals surface area contributed by atoms with Gasteiger partial charge < -0.3 is 16.4 Å². The van der Waals surface area contributed by atoms with Crippen LogP contribution in [0.5, 0.6) is 0 Å². The van der Waals surface area contributed by atoms with Crippen LogP contribution in [-0.2, 0) is 4.79 Å². The van der Waals surface area contributed by atoms with E-state index in [0.29, 0.717) is 17.6 Å². The summed E-state index contributed by atoms with van der Waals surface area (Å²) < 4.78 is 0. The summed E-state index contributed by atoms with van der Waals surface area (Å²) in [6.45, 7) is 9.54. The molecule has 21 heavy (non-hydrogen) atoms. The lowest BCUT2D eigenvalue weighted by Crippen LogP contribution is -2.47. The number of nitrogens with one attached hydrogen (secondary N) is 2. The van der Waals surface area contributed by atoms with Crippen LogP contribution in [0.4, 0.5) is 11.6 Å². The van der Waals surface area contributed by atoms with E-state index in [-0.39, 0.29) is 17.5 Å². The first-order chi connectivity index (χ1) is 9.67. The number of aromatic nitrogens is 2. The van der Waals surface area contributed by atoms with Crippen LogP contribution in [0, 0.1) is 6.92 Å². The van der Waals surface area contributed by atoms with Crippen molar-refractivity contribution in [3.05, 3.63) is 11.4 Å². The molecule has 1 amide bonds. The zero-order valence-electron chi connectivity index (χ0n) is 13.4. The topological polar surface area (TPSA) is 92.9 Å². The highest BCUT2D eigenvalue weighted by atomic mass is 16.2. The van der Waals surface area contributed by atoms with E-state index in [2.05, 4.69) is 20.6 Å². The van der Waals surface area contributed by atoms with Gasteiger partial charge in [-0.3, -0.25) is 4.79 Å². The Balaban J connectivity index is 2.13. The van der Waals surface area contributed by atoms with Crippen LogP contribution in [0.15, 0.2) is 0 Å². The van der Waals surface area contributed by atoms with Crippen LogP contribution in [0.3, 0.4) is 0 Å². The summed E-state index contributed by atoms with van der Waals surface area (Å²) in [6, 6.07) is -0.385. The predicted octanol–water partition coefficient (Wildman–Crippen LogP) is 1.96. The standard InChI is InChI=1S/C15H25N5O/c1-8-11(16)18-13(10-6-7-10)19-12(8)17-9(2)14(21)20-15(3,4)5/h9-10H,6-7H2,1-5H3,(H,20,21)(H3,16,17,18,19). The molecule has 0 aliphatic heterocycles. The molecule has 6 nitrogen and oxygen atoms in total. The van der Waals surface area contributed by atoms with Crippen molar-refractivity contribution < 1.29 is 4.79 Å². The lowest BCUT2D eigenvalue weighted by Gasteiger charge is -2.24. The summed E-state index contributed by atoms with van der Waals surface area (Å²) in [4.78, 5) is 21.0. The first kappa shape index (κ1) is 15.5. The number of nitrogens with two attached hydrogens (primary N) is 1. The molecule has 1 aromatic heterocycles. The molecule has 0 spiro atoms. The third kappa shape index (κ3) is 4.06. The number of carbonyl (C=O) groups is 1. The fourth-order valence-corrected chi connectivity index (χ4v) is 1.97. The van der Waals surface area contributed by atoms with E-state index in [1.165, 1.54) is 0 Å². The third-order valence-corrected chi connectivity index (χ3v) is 3.39. The van der Waals surface area contributed by atoms with E-state index >= 15 is 0 Å². The fourth-order valence-electron chi connectivity index (χ4n) is 1.97. The Labute approximate surface area is 125 Å². The van der Waals surface area contributed by atoms with Gasteiger partial charge in [-0.15, -0.1) is 0 Å². The maximum absolute atomic E-state index is 12.1. The van der Waals surface area contributed by atoms with E-state index in [0.717, 1.165) is 24.2 Å². The van der Waals surface area contributed by atoms with Gasteiger partial charge in [0.25, 0.3) is 0 Å². The van der Waals surface area contributed by atoms with Gasteiger partial charge in [0.15, 0.2) is 0 Å².